The molecule has 0 aromatic heterocycles. The van der Waals surface area contributed by atoms with E-state index in [4.69, 9.17) is 4.74 Å². The van der Waals surface area contributed by atoms with Crippen LogP contribution in [0.3, 0.4) is 0 Å². The highest BCUT2D eigenvalue weighted by atomic mass is 16.6. The molecular formula is C25H21NO5. The van der Waals surface area contributed by atoms with Gasteiger partial charge < -0.3 is 14.9 Å². The first-order valence-electron chi connectivity index (χ1n) is 10.2. The van der Waals surface area contributed by atoms with Gasteiger partial charge in [-0.05, 0) is 51.9 Å². The van der Waals surface area contributed by atoms with Crippen molar-refractivity contribution in [3.63, 3.8) is 0 Å². The number of aromatic hydroxyl groups is 1. The van der Waals surface area contributed by atoms with Crippen molar-refractivity contribution in [2.75, 3.05) is 13.2 Å². The monoisotopic (exact) mass is 415 g/mol. The van der Waals surface area contributed by atoms with Gasteiger partial charge in [-0.3, -0.25) is 4.90 Å². The predicted octanol–water partition coefficient (Wildman–Crippen LogP) is 4.33. The maximum Gasteiger partial charge on any atom is 0.410 e. The Morgan fingerprint density at radius 1 is 0.935 bits per heavy atom. The average Bonchev–Trinajstić information content (AvgIpc) is 3.10. The van der Waals surface area contributed by atoms with Crippen LogP contribution in [0, 0.1) is 0 Å². The first-order valence-corrected chi connectivity index (χ1v) is 10.2. The Morgan fingerprint density at radius 3 is 2.23 bits per heavy atom. The standard InChI is InChI=1S/C25H21NO5/c27-16-10-9-15-11-12-26(23(24(28)29)21(15)13-16)25(30)31-14-22-19-7-3-1-5-17(19)18-6-2-4-8-20(18)22/h1-10,13,22-23,27H,11-12,14H2,(H,28,29). The number of carboxylic acid groups (broad SMARTS) is 1. The SMILES string of the molecule is O=C(O)C1c2cc(O)ccc2CCN1C(=O)OCC1c2ccccc2-c2ccccc21. The number of amides is 1. The summed E-state index contributed by atoms with van der Waals surface area (Å²) < 4.78 is 5.67. The Bertz CT molecular complexity index is 1140. The van der Waals surface area contributed by atoms with Gasteiger partial charge in [-0.1, -0.05) is 54.6 Å². The highest BCUT2D eigenvalue weighted by molar-refractivity contribution is 5.83. The van der Waals surface area contributed by atoms with Crippen LogP contribution in [-0.2, 0) is 16.0 Å². The van der Waals surface area contributed by atoms with Gasteiger partial charge in [-0.25, -0.2) is 9.59 Å². The van der Waals surface area contributed by atoms with Crippen LogP contribution in [0.5, 0.6) is 5.75 Å². The Morgan fingerprint density at radius 2 is 1.58 bits per heavy atom. The summed E-state index contributed by atoms with van der Waals surface area (Å²) >= 11 is 0. The summed E-state index contributed by atoms with van der Waals surface area (Å²) in [6.45, 7) is 0.369. The van der Waals surface area contributed by atoms with E-state index < -0.39 is 18.1 Å². The second-order valence-electron chi connectivity index (χ2n) is 7.87. The maximum atomic E-state index is 13.0. The van der Waals surface area contributed by atoms with Crippen molar-refractivity contribution in [3.8, 4) is 16.9 Å². The zero-order valence-corrected chi connectivity index (χ0v) is 16.7. The minimum Gasteiger partial charge on any atom is -0.508 e. The third-order valence-corrected chi connectivity index (χ3v) is 6.16. The fourth-order valence-corrected chi connectivity index (χ4v) is 4.74. The topological polar surface area (TPSA) is 87.1 Å². The number of rotatable bonds is 3. The third-order valence-electron chi connectivity index (χ3n) is 6.16. The van der Waals surface area contributed by atoms with Crippen molar-refractivity contribution in [2.45, 2.75) is 18.4 Å². The average molecular weight is 415 g/mol. The minimum atomic E-state index is -1.19. The number of fused-ring (bicyclic) bond motifs is 4. The van der Waals surface area contributed by atoms with Crippen molar-refractivity contribution in [1.29, 1.82) is 0 Å². The molecule has 0 saturated carbocycles. The lowest BCUT2D eigenvalue weighted by atomic mass is 9.92. The molecule has 0 bridgehead atoms. The summed E-state index contributed by atoms with van der Waals surface area (Å²) in [4.78, 5) is 26.2. The molecule has 1 aliphatic heterocycles. The van der Waals surface area contributed by atoms with Gasteiger partial charge in [0, 0.05) is 12.5 Å². The Labute approximate surface area is 179 Å². The normalized spacial score (nSPS) is 16.9. The number of hydrogen-bond acceptors (Lipinski definition) is 4. The molecule has 5 rings (SSSR count). The Kier molecular flexibility index (Phi) is 4.62. The lowest BCUT2D eigenvalue weighted by Crippen LogP contribution is -2.44. The van der Waals surface area contributed by atoms with Gasteiger partial charge >= 0.3 is 12.1 Å². The number of carboxylic acids is 1. The summed E-state index contributed by atoms with van der Waals surface area (Å²) in [5.74, 6) is -1.28. The molecule has 1 amide bonds. The largest absolute Gasteiger partial charge is 0.508 e. The van der Waals surface area contributed by atoms with Gasteiger partial charge in [-0.15, -0.1) is 0 Å². The second kappa shape index (κ2) is 7.47. The minimum absolute atomic E-state index is 0.0283. The van der Waals surface area contributed by atoms with Crippen LogP contribution in [-0.4, -0.2) is 40.3 Å². The molecule has 1 heterocycles. The predicted molar refractivity (Wildman–Crippen MR) is 114 cm³/mol. The fraction of sp³-hybridized carbons (Fsp3) is 0.200. The van der Waals surface area contributed by atoms with E-state index >= 15 is 0 Å². The molecule has 1 unspecified atom stereocenters. The molecule has 0 fully saturated rings. The zero-order valence-electron chi connectivity index (χ0n) is 16.7. The first-order chi connectivity index (χ1) is 15.0. The van der Waals surface area contributed by atoms with E-state index in [-0.39, 0.29) is 24.8 Å². The maximum absolute atomic E-state index is 13.0. The Hall–Kier alpha value is -3.80. The van der Waals surface area contributed by atoms with Gasteiger partial charge in [-0.2, -0.15) is 0 Å². The molecule has 0 radical (unpaired) electrons. The fourth-order valence-electron chi connectivity index (χ4n) is 4.74. The molecule has 6 nitrogen and oxygen atoms in total. The molecule has 31 heavy (non-hydrogen) atoms. The number of benzene rings is 3. The summed E-state index contributed by atoms with van der Waals surface area (Å²) in [5.41, 5.74) is 5.69. The molecule has 2 N–H and O–H groups in total. The lowest BCUT2D eigenvalue weighted by Gasteiger charge is -2.34. The molecular weight excluding hydrogens is 394 g/mol. The summed E-state index contributed by atoms with van der Waals surface area (Å²) in [5, 5.41) is 19.6. The van der Waals surface area contributed by atoms with E-state index in [9.17, 15) is 19.8 Å². The number of carbonyl (C=O) groups excluding carboxylic acids is 1. The zero-order chi connectivity index (χ0) is 21.5. The van der Waals surface area contributed by atoms with Crippen molar-refractivity contribution in [3.05, 3.63) is 89.0 Å². The highest BCUT2D eigenvalue weighted by Crippen LogP contribution is 2.44. The Balaban J connectivity index is 1.39. The number of nitrogens with zero attached hydrogens (tertiary/aromatic N) is 1. The second-order valence-corrected chi connectivity index (χ2v) is 7.87. The number of carbonyl (C=O) groups is 2. The number of aliphatic carboxylic acids is 1. The van der Waals surface area contributed by atoms with Gasteiger partial charge in [0.15, 0.2) is 6.04 Å². The van der Waals surface area contributed by atoms with Crippen LogP contribution >= 0.6 is 0 Å². The lowest BCUT2D eigenvalue weighted by molar-refractivity contribution is -0.143. The molecule has 2 aliphatic rings. The summed E-state index contributed by atoms with van der Waals surface area (Å²) in [6.07, 6.45) is -0.160. The molecule has 0 saturated heterocycles. The van der Waals surface area contributed by atoms with Crippen LogP contribution in [0.15, 0.2) is 66.7 Å². The van der Waals surface area contributed by atoms with Crippen LogP contribution < -0.4 is 0 Å². The molecule has 6 heteroatoms. The third kappa shape index (κ3) is 3.20. The van der Waals surface area contributed by atoms with Crippen LogP contribution in [0.1, 0.15) is 34.2 Å². The van der Waals surface area contributed by atoms with E-state index in [1.54, 1.807) is 6.07 Å². The number of phenols is 1. The molecule has 1 atom stereocenters. The summed E-state index contributed by atoms with van der Waals surface area (Å²) in [7, 11) is 0. The smallest absolute Gasteiger partial charge is 0.410 e. The molecule has 1 aliphatic carbocycles. The van der Waals surface area contributed by atoms with Crippen molar-refractivity contribution < 1.29 is 24.5 Å². The molecule has 3 aromatic carbocycles. The highest BCUT2D eigenvalue weighted by Gasteiger charge is 2.38. The number of hydrogen-bond donors (Lipinski definition) is 2. The van der Waals surface area contributed by atoms with E-state index in [2.05, 4.69) is 12.1 Å². The number of ether oxygens (including phenoxy) is 1. The van der Waals surface area contributed by atoms with Gasteiger partial charge in [0.25, 0.3) is 0 Å². The molecule has 3 aromatic rings. The summed E-state index contributed by atoms with van der Waals surface area (Å²) in [6, 6.07) is 19.6. The van der Waals surface area contributed by atoms with E-state index in [0.717, 1.165) is 27.8 Å². The van der Waals surface area contributed by atoms with E-state index in [1.165, 1.54) is 17.0 Å². The van der Waals surface area contributed by atoms with E-state index in [0.29, 0.717) is 12.0 Å². The van der Waals surface area contributed by atoms with Crippen molar-refractivity contribution in [2.24, 2.45) is 0 Å². The van der Waals surface area contributed by atoms with Gasteiger partial charge in [0.2, 0.25) is 0 Å². The van der Waals surface area contributed by atoms with Crippen molar-refractivity contribution >= 4 is 12.1 Å². The van der Waals surface area contributed by atoms with Crippen LogP contribution in [0.2, 0.25) is 0 Å². The van der Waals surface area contributed by atoms with Crippen LogP contribution in [0.25, 0.3) is 11.1 Å². The number of phenolic OH excluding ortho intramolecular Hbond substituents is 1. The van der Waals surface area contributed by atoms with Crippen LogP contribution in [0.4, 0.5) is 4.79 Å². The van der Waals surface area contributed by atoms with E-state index in [1.807, 2.05) is 36.4 Å². The first kappa shape index (κ1) is 19.2. The van der Waals surface area contributed by atoms with Crippen molar-refractivity contribution in [1.82, 2.24) is 4.90 Å². The van der Waals surface area contributed by atoms with Gasteiger partial charge in [0.05, 0.1) is 0 Å². The quantitative estimate of drug-likeness (QED) is 0.665. The molecule has 0 spiro atoms. The molecule has 156 valence electrons. The van der Waals surface area contributed by atoms with Gasteiger partial charge in [0.1, 0.15) is 12.4 Å².